The van der Waals surface area contributed by atoms with E-state index in [4.69, 9.17) is 0 Å². The molecule has 0 aromatic carbocycles. The minimum Gasteiger partial charge on any atom is -0.294 e. The van der Waals surface area contributed by atoms with E-state index >= 15 is 0 Å². The molecule has 1 aliphatic heterocycles. The lowest BCUT2D eigenvalue weighted by molar-refractivity contribution is -0.0799. The van der Waals surface area contributed by atoms with E-state index in [1.165, 1.54) is 31.2 Å². The highest BCUT2D eigenvalue weighted by molar-refractivity contribution is 7.88. The van der Waals surface area contributed by atoms with Crippen LogP contribution in [0, 0.1) is 45.8 Å². The summed E-state index contributed by atoms with van der Waals surface area (Å²) in [7, 11) is -3.12. The van der Waals surface area contributed by atoms with E-state index in [1.807, 2.05) is 4.57 Å². The lowest BCUT2D eigenvalue weighted by atomic mass is 9.46. The quantitative estimate of drug-likeness (QED) is 0.690. The maximum Gasteiger partial charge on any atom is 0.211 e. The molecule has 2 heterocycles. The largest absolute Gasteiger partial charge is 0.294 e. The Balaban J connectivity index is 1.42. The monoisotopic (exact) mass is 442 g/mol. The lowest BCUT2D eigenvalue weighted by Crippen LogP contribution is -2.51. The molecular weight excluding hydrogens is 408 g/mol. The second kappa shape index (κ2) is 7.18. The number of aromatic nitrogens is 2. The number of fused-ring (bicyclic) bond motifs is 5. The summed E-state index contributed by atoms with van der Waals surface area (Å²) in [6, 6.07) is 2.29. The molecule has 4 unspecified atom stereocenters. The van der Waals surface area contributed by atoms with Gasteiger partial charge in [-0.1, -0.05) is 19.9 Å². The molecule has 168 valence electrons. The molecule has 0 amide bonds. The predicted molar refractivity (Wildman–Crippen MR) is 120 cm³/mol. The second-order valence-corrected chi connectivity index (χ2v) is 12.9. The third kappa shape index (κ3) is 3.13. The summed E-state index contributed by atoms with van der Waals surface area (Å²) in [4.78, 5) is 4.24. The molecule has 7 heteroatoms. The van der Waals surface area contributed by atoms with Crippen molar-refractivity contribution in [2.24, 2.45) is 34.5 Å². The zero-order valence-electron chi connectivity index (χ0n) is 18.9. The average Bonchev–Trinajstić information content (AvgIpc) is 3.26. The molecular formula is C24H34N4O2S. The molecule has 0 radical (unpaired) electrons. The predicted octanol–water partition coefficient (Wildman–Crippen LogP) is 4.12. The number of rotatable bonds is 2. The van der Waals surface area contributed by atoms with Gasteiger partial charge < -0.3 is 0 Å². The third-order valence-electron chi connectivity index (χ3n) is 9.71. The van der Waals surface area contributed by atoms with E-state index in [9.17, 15) is 13.7 Å². The first-order valence-electron chi connectivity index (χ1n) is 11.8. The Morgan fingerprint density at radius 1 is 1.13 bits per heavy atom. The summed E-state index contributed by atoms with van der Waals surface area (Å²) in [6.45, 7) is 6.22. The summed E-state index contributed by atoms with van der Waals surface area (Å²) in [6.07, 6.45) is 15.0. The number of sulfonamides is 1. The van der Waals surface area contributed by atoms with Crippen molar-refractivity contribution in [3.63, 3.8) is 0 Å². The van der Waals surface area contributed by atoms with E-state index in [2.05, 4.69) is 31.0 Å². The first-order chi connectivity index (χ1) is 14.7. The van der Waals surface area contributed by atoms with E-state index in [0.717, 1.165) is 25.7 Å². The number of hydrogen-bond acceptors (Lipinski definition) is 4. The third-order valence-corrected chi connectivity index (χ3v) is 11.0. The Morgan fingerprint density at radius 3 is 2.68 bits per heavy atom. The highest BCUT2D eigenvalue weighted by Gasteiger charge is 2.58. The van der Waals surface area contributed by atoms with Crippen LogP contribution in [0.5, 0.6) is 0 Å². The van der Waals surface area contributed by atoms with Gasteiger partial charge in [0, 0.05) is 24.2 Å². The van der Waals surface area contributed by atoms with Gasteiger partial charge in [0.1, 0.15) is 11.8 Å². The first-order valence-corrected chi connectivity index (χ1v) is 13.6. The van der Waals surface area contributed by atoms with Crippen molar-refractivity contribution in [1.29, 1.82) is 5.26 Å². The van der Waals surface area contributed by atoms with Gasteiger partial charge in [0.25, 0.3) is 0 Å². The molecule has 3 aliphatic carbocycles. The van der Waals surface area contributed by atoms with Gasteiger partial charge >= 0.3 is 0 Å². The number of hydrogen-bond donors (Lipinski definition) is 0. The van der Waals surface area contributed by atoms with Gasteiger partial charge in [0.15, 0.2) is 0 Å². The topological polar surface area (TPSA) is 79.0 Å². The Kier molecular flexibility index (Phi) is 4.91. The van der Waals surface area contributed by atoms with Crippen molar-refractivity contribution < 1.29 is 8.42 Å². The Bertz CT molecular complexity index is 1050. The van der Waals surface area contributed by atoms with E-state index in [1.54, 1.807) is 16.8 Å². The lowest BCUT2D eigenvalue weighted by Gasteiger charge is -2.58. The average molecular weight is 443 g/mol. The van der Waals surface area contributed by atoms with Crippen LogP contribution in [-0.2, 0) is 10.0 Å². The Labute approximate surface area is 186 Å². The van der Waals surface area contributed by atoms with Crippen molar-refractivity contribution in [3.05, 3.63) is 24.3 Å². The molecule has 1 aromatic heterocycles. The summed E-state index contributed by atoms with van der Waals surface area (Å²) < 4.78 is 28.2. The van der Waals surface area contributed by atoms with E-state index in [-0.39, 0.29) is 10.8 Å². The van der Waals surface area contributed by atoms with Crippen molar-refractivity contribution >= 4 is 15.7 Å². The summed E-state index contributed by atoms with van der Waals surface area (Å²) in [5.41, 5.74) is 2.19. The van der Waals surface area contributed by atoms with E-state index < -0.39 is 10.0 Å². The molecule has 0 spiro atoms. The zero-order valence-corrected chi connectivity index (χ0v) is 19.7. The van der Waals surface area contributed by atoms with Crippen molar-refractivity contribution in [3.8, 4) is 6.07 Å². The fraction of sp³-hybridized carbons (Fsp3) is 0.750. The van der Waals surface area contributed by atoms with Crippen LogP contribution in [0.15, 0.2) is 18.6 Å². The molecule has 0 bridgehead atoms. The molecule has 0 N–H and O–H groups in total. The number of imidazole rings is 1. The molecule has 31 heavy (non-hydrogen) atoms. The molecule has 4 aliphatic rings. The Hall–Kier alpha value is -1.65. The fourth-order valence-corrected chi connectivity index (χ4v) is 8.86. The molecule has 6 nitrogen and oxygen atoms in total. The molecule has 5 rings (SSSR count). The van der Waals surface area contributed by atoms with Crippen LogP contribution in [0.4, 0.5) is 0 Å². The van der Waals surface area contributed by atoms with Crippen molar-refractivity contribution in [1.82, 2.24) is 13.9 Å². The maximum atomic E-state index is 12.2. The van der Waals surface area contributed by atoms with Gasteiger partial charge in [-0.05, 0) is 74.0 Å². The van der Waals surface area contributed by atoms with Crippen LogP contribution in [0.3, 0.4) is 0 Å². The van der Waals surface area contributed by atoms with Crippen LogP contribution in [0.2, 0.25) is 0 Å². The minimum absolute atomic E-state index is 0.0835. The standard InChI is InChI=1S/C24H34N4O2S/c1-23-11-13-27(31(3,29)30)12-9-17(23)4-5-19-20-6-7-22(24(20,2)10-8-21(19)23)28-16-26-15-18(28)14-25/h7,15-17,19-21H,4-6,8-13H2,1-3H3/t17?,19?,20?,21?,23-,24-/m0/s1. The molecule has 2 saturated carbocycles. The van der Waals surface area contributed by atoms with E-state index in [0.29, 0.717) is 42.5 Å². The smallest absolute Gasteiger partial charge is 0.211 e. The first kappa shape index (κ1) is 21.2. The van der Waals surface area contributed by atoms with Crippen molar-refractivity contribution in [2.45, 2.75) is 58.8 Å². The highest BCUT2D eigenvalue weighted by atomic mass is 32.2. The maximum absolute atomic E-state index is 12.2. The van der Waals surface area contributed by atoms with Crippen molar-refractivity contribution in [2.75, 3.05) is 19.3 Å². The normalized spacial score (nSPS) is 40.8. The number of nitrogens with zero attached hydrogens (tertiary/aromatic N) is 4. The van der Waals surface area contributed by atoms with Gasteiger partial charge in [-0.2, -0.15) is 5.26 Å². The minimum atomic E-state index is -3.12. The molecule has 3 fully saturated rings. The van der Waals surface area contributed by atoms with Crippen LogP contribution in [0.1, 0.15) is 64.5 Å². The molecule has 1 saturated heterocycles. The zero-order chi connectivity index (χ0) is 22.0. The summed E-state index contributed by atoms with van der Waals surface area (Å²) in [5.74, 6) is 2.56. The number of allylic oxidation sites excluding steroid dienone is 2. The van der Waals surface area contributed by atoms with Crippen LogP contribution in [0.25, 0.3) is 5.70 Å². The van der Waals surface area contributed by atoms with Gasteiger partial charge in [-0.25, -0.2) is 17.7 Å². The van der Waals surface area contributed by atoms with Crippen LogP contribution < -0.4 is 0 Å². The Morgan fingerprint density at radius 2 is 1.94 bits per heavy atom. The highest BCUT2D eigenvalue weighted by Crippen LogP contribution is 2.66. The molecule has 6 atom stereocenters. The number of nitriles is 1. The van der Waals surface area contributed by atoms with Crippen LogP contribution >= 0.6 is 0 Å². The molecule has 1 aromatic rings. The summed E-state index contributed by atoms with van der Waals surface area (Å²) in [5, 5.41) is 9.52. The SMILES string of the molecule is C[C@]12CCN(S(C)(=O)=O)CCC1CCC1C2CC[C@]2(C)C(n3cncc3C#N)=CCC12. The van der Waals surface area contributed by atoms with Gasteiger partial charge in [0.05, 0.1) is 18.8 Å². The van der Waals surface area contributed by atoms with Crippen LogP contribution in [-0.4, -0.2) is 41.6 Å². The van der Waals surface area contributed by atoms with Gasteiger partial charge in [0.2, 0.25) is 10.0 Å². The fourth-order valence-electron chi connectivity index (χ4n) is 8.00. The summed E-state index contributed by atoms with van der Waals surface area (Å²) >= 11 is 0. The van der Waals surface area contributed by atoms with Gasteiger partial charge in [-0.15, -0.1) is 0 Å². The second-order valence-electron chi connectivity index (χ2n) is 10.9. The van der Waals surface area contributed by atoms with Gasteiger partial charge in [-0.3, -0.25) is 4.57 Å².